The van der Waals surface area contributed by atoms with Crippen LogP contribution in [0.25, 0.3) is 0 Å². The van der Waals surface area contributed by atoms with Gasteiger partial charge in [-0.2, -0.15) is 0 Å². The molecule has 4 nitrogen and oxygen atoms in total. The van der Waals surface area contributed by atoms with E-state index < -0.39 is 0 Å². The second kappa shape index (κ2) is 9.37. The van der Waals surface area contributed by atoms with Crippen LogP contribution in [0.5, 0.6) is 17.2 Å². The predicted molar refractivity (Wildman–Crippen MR) is 87.9 cm³/mol. The third-order valence-electron chi connectivity index (χ3n) is 3.80. The summed E-state index contributed by atoms with van der Waals surface area (Å²) in [5.41, 5.74) is 0.999. The van der Waals surface area contributed by atoms with Gasteiger partial charge in [-0.25, -0.2) is 0 Å². The molecule has 0 radical (unpaired) electrons. The van der Waals surface area contributed by atoms with E-state index in [2.05, 4.69) is 19.2 Å². The molecule has 0 amide bonds. The molecule has 0 aliphatic heterocycles. The van der Waals surface area contributed by atoms with Crippen LogP contribution in [0.1, 0.15) is 39.5 Å². The van der Waals surface area contributed by atoms with E-state index in [4.69, 9.17) is 14.2 Å². The Labute approximate surface area is 128 Å². The summed E-state index contributed by atoms with van der Waals surface area (Å²) in [7, 11) is 4.89. The van der Waals surface area contributed by atoms with Gasteiger partial charge in [-0.15, -0.1) is 0 Å². The van der Waals surface area contributed by atoms with Crippen molar-refractivity contribution in [1.29, 1.82) is 0 Å². The lowest BCUT2D eigenvalue weighted by molar-refractivity contribution is 0.324. The van der Waals surface area contributed by atoms with Crippen molar-refractivity contribution in [2.75, 3.05) is 33.2 Å². The minimum Gasteiger partial charge on any atom is -0.493 e. The molecule has 0 saturated heterocycles. The molecule has 1 atom stereocenters. The van der Waals surface area contributed by atoms with Crippen LogP contribution in [0.3, 0.4) is 0 Å². The lowest BCUT2D eigenvalue weighted by Gasteiger charge is -2.18. The SMILES string of the molecule is CCCCC(CC)CNc1cc(OC)c(OC)c(OC)c1. The molecule has 0 spiro atoms. The van der Waals surface area contributed by atoms with Gasteiger partial charge in [0.2, 0.25) is 5.75 Å². The molecule has 0 aromatic heterocycles. The molecule has 0 aliphatic carbocycles. The van der Waals surface area contributed by atoms with E-state index in [-0.39, 0.29) is 0 Å². The first-order chi connectivity index (χ1) is 10.2. The zero-order valence-corrected chi connectivity index (χ0v) is 14.0. The Bertz CT molecular complexity index is 395. The molecule has 0 aliphatic rings. The summed E-state index contributed by atoms with van der Waals surface area (Å²) in [6.07, 6.45) is 5.00. The Morgan fingerprint density at radius 3 is 2.05 bits per heavy atom. The first-order valence-corrected chi connectivity index (χ1v) is 7.73. The number of methoxy groups -OCH3 is 3. The van der Waals surface area contributed by atoms with Crippen molar-refractivity contribution in [3.05, 3.63) is 12.1 Å². The minimum absolute atomic E-state index is 0.628. The number of hydrogen-bond donors (Lipinski definition) is 1. The first kappa shape index (κ1) is 17.5. The maximum atomic E-state index is 5.37. The molecule has 0 bridgehead atoms. The summed E-state index contributed by atoms with van der Waals surface area (Å²) < 4.78 is 16.1. The smallest absolute Gasteiger partial charge is 0.203 e. The van der Waals surface area contributed by atoms with Crippen molar-refractivity contribution in [3.8, 4) is 17.2 Å². The van der Waals surface area contributed by atoms with Crippen LogP contribution in [0.4, 0.5) is 5.69 Å². The van der Waals surface area contributed by atoms with Gasteiger partial charge in [0.05, 0.1) is 21.3 Å². The number of nitrogens with one attached hydrogen (secondary N) is 1. The molecule has 0 saturated carbocycles. The van der Waals surface area contributed by atoms with Gasteiger partial charge in [0.15, 0.2) is 11.5 Å². The van der Waals surface area contributed by atoms with Crippen molar-refractivity contribution >= 4 is 5.69 Å². The third kappa shape index (κ3) is 5.03. The highest BCUT2D eigenvalue weighted by atomic mass is 16.5. The van der Waals surface area contributed by atoms with Gasteiger partial charge >= 0.3 is 0 Å². The standard InChI is InChI=1S/C17H29NO3/c1-6-8-9-13(7-2)12-18-14-10-15(19-3)17(21-5)16(11-14)20-4/h10-11,13,18H,6-9,12H2,1-5H3. The van der Waals surface area contributed by atoms with E-state index in [0.29, 0.717) is 23.2 Å². The molecular formula is C17H29NO3. The molecular weight excluding hydrogens is 266 g/mol. The number of anilines is 1. The highest BCUT2D eigenvalue weighted by Gasteiger charge is 2.13. The number of unbranched alkanes of at least 4 members (excludes halogenated alkanes) is 1. The number of rotatable bonds is 10. The molecule has 4 heteroatoms. The van der Waals surface area contributed by atoms with Crippen molar-refractivity contribution in [1.82, 2.24) is 0 Å². The highest BCUT2D eigenvalue weighted by Crippen LogP contribution is 2.40. The molecule has 0 fully saturated rings. The Hall–Kier alpha value is -1.58. The number of benzene rings is 1. The van der Waals surface area contributed by atoms with Gasteiger partial charge in [0, 0.05) is 24.4 Å². The van der Waals surface area contributed by atoms with Crippen LogP contribution in [0, 0.1) is 5.92 Å². The minimum atomic E-state index is 0.628. The van der Waals surface area contributed by atoms with Crippen LogP contribution in [-0.4, -0.2) is 27.9 Å². The van der Waals surface area contributed by atoms with E-state index in [9.17, 15) is 0 Å². The Morgan fingerprint density at radius 2 is 1.62 bits per heavy atom. The van der Waals surface area contributed by atoms with Gasteiger partial charge in [0.25, 0.3) is 0 Å². The molecule has 0 heterocycles. The van der Waals surface area contributed by atoms with Crippen molar-refractivity contribution < 1.29 is 14.2 Å². The Morgan fingerprint density at radius 1 is 1.00 bits per heavy atom. The molecule has 120 valence electrons. The fourth-order valence-corrected chi connectivity index (χ4v) is 2.39. The van der Waals surface area contributed by atoms with E-state index in [1.807, 2.05) is 12.1 Å². The monoisotopic (exact) mass is 295 g/mol. The summed E-state index contributed by atoms with van der Waals surface area (Å²) in [6.45, 7) is 5.45. The normalized spacial score (nSPS) is 11.9. The average molecular weight is 295 g/mol. The first-order valence-electron chi connectivity index (χ1n) is 7.73. The topological polar surface area (TPSA) is 39.7 Å². The molecule has 1 aromatic carbocycles. The largest absolute Gasteiger partial charge is 0.493 e. The Kier molecular flexibility index (Phi) is 7.80. The lowest BCUT2D eigenvalue weighted by Crippen LogP contribution is -2.13. The molecule has 1 unspecified atom stereocenters. The van der Waals surface area contributed by atoms with Crippen molar-refractivity contribution in [2.45, 2.75) is 39.5 Å². The molecule has 1 rings (SSSR count). The third-order valence-corrected chi connectivity index (χ3v) is 3.80. The summed E-state index contributed by atoms with van der Waals surface area (Å²) in [6, 6.07) is 3.90. The molecule has 1 aromatic rings. The summed E-state index contributed by atoms with van der Waals surface area (Å²) in [5, 5.41) is 3.49. The zero-order chi connectivity index (χ0) is 15.7. The van der Waals surface area contributed by atoms with Crippen LogP contribution in [-0.2, 0) is 0 Å². The van der Waals surface area contributed by atoms with E-state index >= 15 is 0 Å². The van der Waals surface area contributed by atoms with Gasteiger partial charge in [-0.1, -0.05) is 33.1 Å². The van der Waals surface area contributed by atoms with Gasteiger partial charge in [-0.05, 0) is 12.3 Å². The number of ether oxygens (including phenoxy) is 3. The van der Waals surface area contributed by atoms with Crippen LogP contribution in [0.15, 0.2) is 12.1 Å². The van der Waals surface area contributed by atoms with Crippen LogP contribution in [0.2, 0.25) is 0 Å². The van der Waals surface area contributed by atoms with Crippen LogP contribution >= 0.6 is 0 Å². The summed E-state index contributed by atoms with van der Waals surface area (Å²) in [4.78, 5) is 0. The zero-order valence-electron chi connectivity index (χ0n) is 14.0. The fourth-order valence-electron chi connectivity index (χ4n) is 2.39. The summed E-state index contributed by atoms with van der Waals surface area (Å²) in [5.74, 6) is 2.69. The summed E-state index contributed by atoms with van der Waals surface area (Å²) >= 11 is 0. The average Bonchev–Trinajstić information content (AvgIpc) is 2.53. The maximum Gasteiger partial charge on any atom is 0.203 e. The predicted octanol–water partition coefficient (Wildman–Crippen LogP) is 4.34. The fraction of sp³-hybridized carbons (Fsp3) is 0.647. The second-order valence-corrected chi connectivity index (χ2v) is 5.21. The van der Waals surface area contributed by atoms with Gasteiger partial charge in [-0.3, -0.25) is 0 Å². The molecule has 21 heavy (non-hydrogen) atoms. The molecule has 1 N–H and O–H groups in total. The van der Waals surface area contributed by atoms with E-state index in [1.165, 1.54) is 25.7 Å². The van der Waals surface area contributed by atoms with Crippen molar-refractivity contribution in [3.63, 3.8) is 0 Å². The van der Waals surface area contributed by atoms with Gasteiger partial charge < -0.3 is 19.5 Å². The lowest BCUT2D eigenvalue weighted by atomic mass is 9.99. The van der Waals surface area contributed by atoms with Gasteiger partial charge in [0.1, 0.15) is 0 Å². The Balaban J connectivity index is 2.78. The second-order valence-electron chi connectivity index (χ2n) is 5.21. The van der Waals surface area contributed by atoms with E-state index in [0.717, 1.165) is 12.2 Å². The maximum absolute atomic E-state index is 5.37. The highest BCUT2D eigenvalue weighted by molar-refractivity contribution is 5.62. The van der Waals surface area contributed by atoms with Crippen molar-refractivity contribution in [2.24, 2.45) is 5.92 Å². The van der Waals surface area contributed by atoms with E-state index in [1.54, 1.807) is 21.3 Å². The number of hydrogen-bond acceptors (Lipinski definition) is 4. The quantitative estimate of drug-likeness (QED) is 0.697. The van der Waals surface area contributed by atoms with Crippen LogP contribution < -0.4 is 19.5 Å².